The van der Waals surface area contributed by atoms with Crippen molar-refractivity contribution >= 4 is 11.8 Å². The van der Waals surface area contributed by atoms with Crippen molar-refractivity contribution in [3.05, 3.63) is 82.8 Å². The number of fused-ring (bicyclic) bond motifs is 1. The molecule has 1 aliphatic heterocycles. The van der Waals surface area contributed by atoms with Gasteiger partial charge in [-0.25, -0.2) is 9.37 Å². The Morgan fingerprint density at radius 2 is 1.89 bits per heavy atom. The summed E-state index contributed by atoms with van der Waals surface area (Å²) in [5.74, 6) is 0.225. The fourth-order valence-corrected chi connectivity index (χ4v) is 4.29. The van der Waals surface area contributed by atoms with E-state index in [1.165, 1.54) is 18.4 Å². The lowest BCUT2D eigenvalue weighted by Gasteiger charge is -2.39. The van der Waals surface area contributed by atoms with Gasteiger partial charge < -0.3 is 19.0 Å². The van der Waals surface area contributed by atoms with Gasteiger partial charge in [-0.15, -0.1) is 0 Å². The van der Waals surface area contributed by atoms with Crippen LogP contribution in [0.4, 0.5) is 4.39 Å². The summed E-state index contributed by atoms with van der Waals surface area (Å²) >= 11 is 0. The van der Waals surface area contributed by atoms with Gasteiger partial charge in [-0.05, 0) is 61.2 Å². The highest BCUT2D eigenvalue weighted by molar-refractivity contribution is 5.92. The van der Waals surface area contributed by atoms with E-state index in [9.17, 15) is 14.0 Å². The topological polar surface area (TPSA) is 75.9 Å². The molecule has 1 aliphatic rings. The first-order chi connectivity index (χ1) is 17.2. The molecular weight excluding hydrogens is 461 g/mol. The molecule has 4 rings (SSSR count). The van der Waals surface area contributed by atoms with E-state index in [1.54, 1.807) is 24.1 Å². The summed E-state index contributed by atoms with van der Waals surface area (Å²) < 4.78 is 25.1. The molecule has 0 N–H and O–H groups in total. The van der Waals surface area contributed by atoms with Crippen LogP contribution in [-0.2, 0) is 17.8 Å². The molecule has 2 amide bonds. The Morgan fingerprint density at radius 1 is 1.17 bits per heavy atom. The summed E-state index contributed by atoms with van der Waals surface area (Å²) in [7, 11) is 1.72. The summed E-state index contributed by atoms with van der Waals surface area (Å²) in [4.78, 5) is 33.3. The lowest BCUT2D eigenvalue weighted by Crippen LogP contribution is -2.42. The summed E-state index contributed by atoms with van der Waals surface area (Å²) in [6.45, 7) is 8.25. The van der Waals surface area contributed by atoms with Gasteiger partial charge in [0.1, 0.15) is 17.8 Å². The van der Waals surface area contributed by atoms with Crippen LogP contribution in [0.2, 0.25) is 0 Å². The number of hydrogen-bond acceptors (Lipinski definition) is 5. The highest BCUT2D eigenvalue weighted by atomic mass is 19.1. The molecule has 1 unspecified atom stereocenters. The average Bonchev–Trinajstić information content (AvgIpc) is 3.35. The van der Waals surface area contributed by atoms with E-state index < -0.39 is 0 Å². The van der Waals surface area contributed by atoms with E-state index in [1.807, 2.05) is 50.8 Å². The zero-order chi connectivity index (χ0) is 26.0. The first-order valence-corrected chi connectivity index (χ1v) is 12.2. The Balaban J connectivity index is 1.58. The number of ether oxygens (including phenoxy) is 1. The Labute approximate surface area is 210 Å². The SMILES string of the molecule is CC(C)C(=O)N1CCc2ccc(OCc3nc(C(=O)N(C)C(C)C)co3)cc2C1c1ccc(F)cc1. The van der Waals surface area contributed by atoms with Gasteiger partial charge in [-0.1, -0.05) is 32.0 Å². The third-order valence-electron chi connectivity index (χ3n) is 6.54. The second kappa shape index (κ2) is 10.5. The Kier molecular flexibility index (Phi) is 7.43. The van der Waals surface area contributed by atoms with Crippen molar-refractivity contribution in [1.29, 1.82) is 0 Å². The molecule has 2 heterocycles. The molecule has 2 aromatic carbocycles. The fourth-order valence-electron chi connectivity index (χ4n) is 4.29. The van der Waals surface area contributed by atoms with Crippen LogP contribution in [-0.4, -0.2) is 46.2 Å². The van der Waals surface area contributed by atoms with Crippen molar-refractivity contribution in [2.24, 2.45) is 5.92 Å². The van der Waals surface area contributed by atoms with Gasteiger partial charge in [0, 0.05) is 25.6 Å². The molecule has 0 saturated carbocycles. The highest BCUT2D eigenvalue weighted by Crippen LogP contribution is 2.38. The van der Waals surface area contributed by atoms with Crippen LogP contribution in [0.1, 0.15) is 66.8 Å². The van der Waals surface area contributed by atoms with E-state index >= 15 is 0 Å². The third kappa shape index (κ3) is 5.27. The van der Waals surface area contributed by atoms with Gasteiger partial charge in [0.05, 0.1) is 6.04 Å². The minimum absolute atomic E-state index is 0.0422. The summed E-state index contributed by atoms with van der Waals surface area (Å²) in [6.07, 6.45) is 2.06. The maximum Gasteiger partial charge on any atom is 0.275 e. The number of hydrogen-bond donors (Lipinski definition) is 0. The molecule has 0 spiro atoms. The Morgan fingerprint density at radius 3 is 2.56 bits per heavy atom. The molecule has 1 aromatic heterocycles. The second-order valence-corrected chi connectivity index (χ2v) is 9.68. The third-order valence-corrected chi connectivity index (χ3v) is 6.54. The number of rotatable bonds is 7. The molecule has 0 radical (unpaired) electrons. The normalized spacial score (nSPS) is 15.2. The zero-order valence-corrected chi connectivity index (χ0v) is 21.3. The summed E-state index contributed by atoms with van der Waals surface area (Å²) in [5.41, 5.74) is 3.13. The highest BCUT2D eigenvalue weighted by Gasteiger charge is 2.33. The average molecular weight is 494 g/mol. The summed E-state index contributed by atoms with van der Waals surface area (Å²) in [5, 5.41) is 0. The number of halogens is 1. The van der Waals surface area contributed by atoms with Crippen LogP contribution in [0.3, 0.4) is 0 Å². The number of amides is 2. The summed E-state index contributed by atoms with van der Waals surface area (Å²) in [6, 6.07) is 11.8. The van der Waals surface area contributed by atoms with Gasteiger partial charge >= 0.3 is 0 Å². The van der Waals surface area contributed by atoms with E-state index in [0.717, 1.165) is 23.1 Å². The van der Waals surface area contributed by atoms with Crippen LogP contribution in [0.5, 0.6) is 5.75 Å². The van der Waals surface area contributed by atoms with Crippen molar-refractivity contribution in [2.75, 3.05) is 13.6 Å². The largest absolute Gasteiger partial charge is 0.484 e. The molecule has 3 aromatic rings. The standard InChI is InChI=1S/C28H32FN3O4/c1-17(2)27(33)32-13-12-19-8-11-22(14-23(19)26(32)20-6-9-21(29)10-7-20)35-16-25-30-24(15-36-25)28(34)31(5)18(3)4/h6-11,14-15,17-18,26H,12-13,16H2,1-5H3. The van der Waals surface area contributed by atoms with Gasteiger partial charge in [-0.2, -0.15) is 0 Å². The molecular formula is C28H32FN3O4. The zero-order valence-electron chi connectivity index (χ0n) is 21.3. The van der Waals surface area contributed by atoms with Crippen LogP contribution >= 0.6 is 0 Å². The molecule has 0 bridgehead atoms. The van der Waals surface area contributed by atoms with Crippen molar-refractivity contribution in [3.63, 3.8) is 0 Å². The lowest BCUT2D eigenvalue weighted by molar-refractivity contribution is -0.136. The minimum Gasteiger partial charge on any atom is -0.484 e. The van der Waals surface area contributed by atoms with Crippen molar-refractivity contribution < 1.29 is 23.1 Å². The lowest BCUT2D eigenvalue weighted by atomic mass is 9.87. The molecule has 0 saturated heterocycles. The van der Waals surface area contributed by atoms with Gasteiger partial charge in [0.25, 0.3) is 5.91 Å². The predicted octanol–water partition coefficient (Wildman–Crippen LogP) is 5.00. The van der Waals surface area contributed by atoms with E-state index in [4.69, 9.17) is 9.15 Å². The monoisotopic (exact) mass is 493 g/mol. The van der Waals surface area contributed by atoms with E-state index in [0.29, 0.717) is 18.2 Å². The fraction of sp³-hybridized carbons (Fsp3) is 0.393. The number of carbonyl (C=O) groups excluding carboxylic acids is 2. The smallest absolute Gasteiger partial charge is 0.275 e. The number of aromatic nitrogens is 1. The molecule has 8 heteroatoms. The number of nitrogens with zero attached hydrogens (tertiary/aromatic N) is 3. The number of carbonyl (C=O) groups is 2. The molecule has 0 aliphatic carbocycles. The molecule has 190 valence electrons. The van der Waals surface area contributed by atoms with Crippen molar-refractivity contribution in [2.45, 2.75) is 52.8 Å². The van der Waals surface area contributed by atoms with Crippen LogP contribution in [0, 0.1) is 11.7 Å². The van der Waals surface area contributed by atoms with Crippen molar-refractivity contribution in [3.8, 4) is 5.75 Å². The van der Waals surface area contributed by atoms with Gasteiger partial charge in [0.15, 0.2) is 12.3 Å². The number of oxazole rings is 1. The van der Waals surface area contributed by atoms with Crippen molar-refractivity contribution in [1.82, 2.24) is 14.8 Å². The quantitative estimate of drug-likeness (QED) is 0.463. The van der Waals surface area contributed by atoms with Gasteiger partial charge in [-0.3, -0.25) is 9.59 Å². The predicted molar refractivity (Wildman–Crippen MR) is 133 cm³/mol. The minimum atomic E-state index is -0.342. The second-order valence-electron chi connectivity index (χ2n) is 9.68. The maximum absolute atomic E-state index is 13.7. The van der Waals surface area contributed by atoms with E-state index in [2.05, 4.69) is 4.98 Å². The van der Waals surface area contributed by atoms with Crippen LogP contribution in [0.15, 0.2) is 53.1 Å². The molecule has 1 atom stereocenters. The van der Waals surface area contributed by atoms with Gasteiger partial charge in [0.2, 0.25) is 11.8 Å². The first-order valence-electron chi connectivity index (χ1n) is 12.2. The van der Waals surface area contributed by atoms with Crippen LogP contribution < -0.4 is 4.74 Å². The Bertz CT molecular complexity index is 1240. The van der Waals surface area contributed by atoms with E-state index in [-0.39, 0.29) is 47.9 Å². The van der Waals surface area contributed by atoms with Crippen LogP contribution in [0.25, 0.3) is 0 Å². The number of benzene rings is 2. The maximum atomic E-state index is 13.7. The first kappa shape index (κ1) is 25.4. The molecule has 36 heavy (non-hydrogen) atoms. The molecule has 7 nitrogen and oxygen atoms in total. The molecule has 0 fully saturated rings. The Hall–Kier alpha value is -3.68.